The van der Waals surface area contributed by atoms with E-state index in [4.69, 9.17) is 16.3 Å². The Bertz CT molecular complexity index is 502. The number of benzene rings is 1. The summed E-state index contributed by atoms with van der Waals surface area (Å²) in [5.74, 6) is 0. The highest BCUT2D eigenvalue weighted by Gasteiger charge is 2.18. The maximum Gasteiger partial charge on any atom is 0.101 e. The zero-order chi connectivity index (χ0) is 13.0. The molecule has 0 unspecified atom stereocenters. The second kappa shape index (κ2) is 5.53. The average Bonchev–Trinajstić information content (AvgIpc) is 2.41. The highest BCUT2D eigenvalue weighted by atomic mass is 14.9. The zero-order valence-electron chi connectivity index (χ0n) is 10.2. The molecule has 0 aliphatic heterocycles. The molecule has 1 fully saturated rings. The monoisotopic (exact) mass is 240 g/mol. The van der Waals surface area contributed by atoms with Crippen LogP contribution in [0, 0.1) is 22.7 Å². The van der Waals surface area contributed by atoms with E-state index < -0.39 is 0 Å². The van der Waals surface area contributed by atoms with Crippen molar-refractivity contribution in [1.82, 2.24) is 0 Å². The Labute approximate surface area is 107 Å². The maximum atomic E-state index is 8.97. The van der Waals surface area contributed by atoms with Crippen LogP contribution in [0.4, 0.5) is 5.69 Å². The molecule has 0 heterocycles. The van der Waals surface area contributed by atoms with Gasteiger partial charge in [0.05, 0.1) is 11.1 Å². The van der Waals surface area contributed by atoms with Crippen LogP contribution in [-0.4, -0.2) is 12.1 Å². The first-order chi connectivity index (χ1) is 8.72. The van der Waals surface area contributed by atoms with Gasteiger partial charge in [-0.1, -0.05) is 0 Å². The van der Waals surface area contributed by atoms with Crippen molar-refractivity contribution in [3.8, 4) is 12.1 Å². The van der Waals surface area contributed by atoms with Crippen LogP contribution >= 0.6 is 0 Å². The fourth-order valence-electron chi connectivity index (χ4n) is 2.32. The van der Waals surface area contributed by atoms with Gasteiger partial charge in [-0.05, 0) is 43.9 Å². The van der Waals surface area contributed by atoms with Gasteiger partial charge in [-0.15, -0.1) is 0 Å². The smallest absolute Gasteiger partial charge is 0.101 e. The van der Waals surface area contributed by atoms with Gasteiger partial charge in [-0.2, -0.15) is 10.5 Å². The Morgan fingerprint density at radius 2 is 1.72 bits per heavy atom. The van der Waals surface area contributed by atoms with Gasteiger partial charge < -0.3 is 11.1 Å². The maximum absolute atomic E-state index is 8.97. The third-order valence-corrected chi connectivity index (χ3v) is 3.40. The average molecular weight is 240 g/mol. The van der Waals surface area contributed by atoms with Crippen LogP contribution in [0.5, 0.6) is 0 Å². The van der Waals surface area contributed by atoms with Gasteiger partial charge in [0.25, 0.3) is 0 Å². The quantitative estimate of drug-likeness (QED) is 0.829. The second-order valence-electron chi connectivity index (χ2n) is 4.74. The van der Waals surface area contributed by atoms with E-state index in [1.165, 1.54) is 0 Å². The Morgan fingerprint density at radius 3 is 2.33 bits per heavy atom. The van der Waals surface area contributed by atoms with Crippen molar-refractivity contribution in [3.63, 3.8) is 0 Å². The fraction of sp³-hybridized carbons (Fsp3) is 0.429. The van der Waals surface area contributed by atoms with Gasteiger partial charge in [-0.3, -0.25) is 0 Å². The summed E-state index contributed by atoms with van der Waals surface area (Å²) in [6.07, 6.45) is 4.20. The second-order valence-corrected chi connectivity index (χ2v) is 4.74. The summed E-state index contributed by atoms with van der Waals surface area (Å²) in [6.45, 7) is 0. The van der Waals surface area contributed by atoms with Gasteiger partial charge in [0.1, 0.15) is 12.1 Å². The van der Waals surface area contributed by atoms with Crippen molar-refractivity contribution >= 4 is 5.69 Å². The number of nitrogens with two attached hydrogens (primary N) is 1. The summed E-state index contributed by atoms with van der Waals surface area (Å²) >= 11 is 0. The lowest BCUT2D eigenvalue weighted by Crippen LogP contribution is -2.32. The molecular formula is C14H16N4. The lowest BCUT2D eigenvalue weighted by atomic mass is 9.91. The molecule has 1 aromatic rings. The summed E-state index contributed by atoms with van der Waals surface area (Å²) in [5, 5.41) is 21.2. The first-order valence-electron chi connectivity index (χ1n) is 6.19. The van der Waals surface area contributed by atoms with Crippen LogP contribution in [-0.2, 0) is 0 Å². The van der Waals surface area contributed by atoms with Crippen molar-refractivity contribution < 1.29 is 0 Å². The molecule has 0 atom stereocenters. The summed E-state index contributed by atoms with van der Waals surface area (Å²) in [6, 6.07) is 10.1. The SMILES string of the molecule is N#Cc1ccc(NC2CCC(N)CC2)cc1C#N. The molecule has 0 saturated heterocycles. The molecule has 1 saturated carbocycles. The number of nitriles is 2. The molecule has 0 spiro atoms. The number of hydrogen-bond acceptors (Lipinski definition) is 4. The molecule has 1 aliphatic rings. The number of anilines is 1. The van der Waals surface area contributed by atoms with Crippen LogP contribution in [0.1, 0.15) is 36.8 Å². The van der Waals surface area contributed by atoms with Crippen molar-refractivity contribution in [2.75, 3.05) is 5.32 Å². The van der Waals surface area contributed by atoms with E-state index >= 15 is 0 Å². The van der Waals surface area contributed by atoms with E-state index in [2.05, 4.69) is 5.32 Å². The first kappa shape index (κ1) is 12.4. The number of nitrogens with zero attached hydrogens (tertiary/aromatic N) is 2. The molecule has 0 aromatic heterocycles. The molecule has 4 nitrogen and oxygen atoms in total. The Balaban J connectivity index is 2.07. The standard InChI is InChI=1S/C14H16N4/c15-8-10-1-4-14(7-11(10)9-16)18-13-5-2-12(17)3-6-13/h1,4,7,12-13,18H,2-3,5-6,17H2. The molecule has 4 heteroatoms. The molecule has 0 amide bonds. The largest absolute Gasteiger partial charge is 0.382 e. The number of nitrogens with one attached hydrogen (secondary N) is 1. The van der Waals surface area contributed by atoms with Crippen LogP contribution in [0.2, 0.25) is 0 Å². The molecule has 92 valence electrons. The van der Waals surface area contributed by atoms with E-state index in [-0.39, 0.29) is 0 Å². The summed E-state index contributed by atoms with van der Waals surface area (Å²) < 4.78 is 0. The van der Waals surface area contributed by atoms with Gasteiger partial charge >= 0.3 is 0 Å². The van der Waals surface area contributed by atoms with E-state index in [1.807, 2.05) is 18.2 Å². The van der Waals surface area contributed by atoms with Gasteiger partial charge in [-0.25, -0.2) is 0 Å². The van der Waals surface area contributed by atoms with Crippen LogP contribution < -0.4 is 11.1 Å². The first-order valence-corrected chi connectivity index (χ1v) is 6.19. The van der Waals surface area contributed by atoms with Gasteiger partial charge in [0, 0.05) is 17.8 Å². The lowest BCUT2D eigenvalue weighted by Gasteiger charge is -2.27. The minimum atomic E-state index is 0.332. The van der Waals surface area contributed by atoms with Gasteiger partial charge in [0.15, 0.2) is 0 Å². The molecule has 0 bridgehead atoms. The van der Waals surface area contributed by atoms with E-state index in [1.54, 1.807) is 12.1 Å². The normalized spacial score (nSPS) is 22.8. The summed E-state index contributed by atoms with van der Waals surface area (Å²) in [4.78, 5) is 0. The molecule has 2 rings (SSSR count). The minimum Gasteiger partial charge on any atom is -0.382 e. The molecule has 1 aromatic carbocycles. The highest BCUT2D eigenvalue weighted by Crippen LogP contribution is 2.22. The van der Waals surface area contributed by atoms with Crippen molar-refractivity contribution in [2.45, 2.75) is 37.8 Å². The molecule has 3 N–H and O–H groups in total. The van der Waals surface area contributed by atoms with Crippen LogP contribution in [0.3, 0.4) is 0 Å². The minimum absolute atomic E-state index is 0.332. The Morgan fingerprint density at radius 1 is 1.06 bits per heavy atom. The zero-order valence-corrected chi connectivity index (χ0v) is 10.2. The molecule has 18 heavy (non-hydrogen) atoms. The third-order valence-electron chi connectivity index (χ3n) is 3.40. The van der Waals surface area contributed by atoms with E-state index in [0.717, 1.165) is 31.4 Å². The predicted octanol–water partition coefficient (Wildman–Crippen LogP) is 2.11. The molecule has 1 aliphatic carbocycles. The number of hydrogen-bond donors (Lipinski definition) is 2. The van der Waals surface area contributed by atoms with Crippen LogP contribution in [0.25, 0.3) is 0 Å². The summed E-state index contributed by atoms with van der Waals surface area (Å²) in [7, 11) is 0. The van der Waals surface area contributed by atoms with Crippen molar-refractivity contribution in [3.05, 3.63) is 29.3 Å². The highest BCUT2D eigenvalue weighted by molar-refractivity contribution is 5.56. The van der Waals surface area contributed by atoms with Crippen LogP contribution in [0.15, 0.2) is 18.2 Å². The third kappa shape index (κ3) is 2.80. The predicted molar refractivity (Wildman–Crippen MR) is 69.7 cm³/mol. The lowest BCUT2D eigenvalue weighted by molar-refractivity contribution is 0.411. The summed E-state index contributed by atoms with van der Waals surface area (Å²) in [5.41, 5.74) is 7.63. The van der Waals surface area contributed by atoms with Gasteiger partial charge in [0.2, 0.25) is 0 Å². The Hall–Kier alpha value is -2.04. The fourth-order valence-corrected chi connectivity index (χ4v) is 2.32. The van der Waals surface area contributed by atoms with Crippen molar-refractivity contribution in [2.24, 2.45) is 5.73 Å². The van der Waals surface area contributed by atoms with Crippen molar-refractivity contribution in [1.29, 1.82) is 10.5 Å². The number of rotatable bonds is 2. The Kier molecular flexibility index (Phi) is 3.82. The molecule has 0 radical (unpaired) electrons. The van der Waals surface area contributed by atoms with E-state index in [0.29, 0.717) is 23.2 Å². The molecular weight excluding hydrogens is 224 g/mol. The van der Waals surface area contributed by atoms with E-state index in [9.17, 15) is 0 Å². The topological polar surface area (TPSA) is 85.6 Å².